The first-order valence-electron chi connectivity index (χ1n) is 17.4. The van der Waals surface area contributed by atoms with Gasteiger partial charge in [-0.2, -0.15) is 0 Å². The molecule has 0 unspecified atom stereocenters. The molecule has 7 aromatic carbocycles. The van der Waals surface area contributed by atoms with Crippen LogP contribution in [-0.2, 0) is 5.41 Å². The molecule has 2 nitrogen and oxygen atoms in total. The van der Waals surface area contributed by atoms with Crippen LogP contribution in [0.15, 0.2) is 170 Å². The van der Waals surface area contributed by atoms with E-state index in [0.29, 0.717) is 0 Å². The van der Waals surface area contributed by atoms with E-state index in [1.807, 2.05) is 13.8 Å². The summed E-state index contributed by atoms with van der Waals surface area (Å²) >= 11 is 0. The number of hydrogen-bond acceptors (Lipinski definition) is 1. The predicted molar refractivity (Wildman–Crippen MR) is 210 cm³/mol. The van der Waals surface area contributed by atoms with Gasteiger partial charge in [0.25, 0.3) is 0 Å². The number of nitrogens with zero attached hydrogens (tertiary/aromatic N) is 2. The highest BCUT2D eigenvalue weighted by Gasteiger charge is 2.35. The Bertz CT molecular complexity index is 2320. The van der Waals surface area contributed by atoms with Crippen LogP contribution in [-0.4, -0.2) is 4.57 Å². The average Bonchev–Trinajstić information content (AvgIpc) is 3.51. The minimum absolute atomic E-state index is 0.185. The summed E-state index contributed by atoms with van der Waals surface area (Å²) in [6.07, 6.45) is 0. The minimum Gasteiger partial charge on any atom is -0.310 e. The first-order chi connectivity index (χ1) is 24.1. The van der Waals surface area contributed by atoms with Crippen LogP contribution in [0, 0.1) is 0 Å². The fraction of sp³-hybridized carbons (Fsp3) is 0.106. The van der Waals surface area contributed by atoms with Gasteiger partial charge in [-0.1, -0.05) is 149 Å². The Morgan fingerprint density at radius 1 is 0.429 bits per heavy atom. The van der Waals surface area contributed by atoms with E-state index in [4.69, 9.17) is 0 Å². The smallest absolute Gasteiger partial charge is 0.0582 e. The molecule has 0 fully saturated rings. The van der Waals surface area contributed by atoms with Crippen LogP contribution < -0.4 is 4.90 Å². The lowest BCUT2D eigenvalue weighted by Crippen LogP contribution is -2.26. The van der Waals surface area contributed by atoms with Crippen LogP contribution in [0.5, 0.6) is 0 Å². The molecule has 9 rings (SSSR count). The van der Waals surface area contributed by atoms with E-state index < -0.39 is 0 Å². The summed E-state index contributed by atoms with van der Waals surface area (Å²) in [6, 6.07) is 61.8. The highest BCUT2D eigenvalue weighted by Crippen LogP contribution is 2.49. The molecule has 238 valence electrons. The van der Waals surface area contributed by atoms with E-state index in [1.54, 1.807) is 0 Å². The van der Waals surface area contributed by atoms with Gasteiger partial charge in [0.2, 0.25) is 0 Å². The van der Waals surface area contributed by atoms with Gasteiger partial charge in [0.1, 0.15) is 0 Å². The second kappa shape index (κ2) is 12.3. The zero-order valence-corrected chi connectivity index (χ0v) is 28.6. The van der Waals surface area contributed by atoms with E-state index in [2.05, 4.69) is 193 Å². The molecule has 49 heavy (non-hydrogen) atoms. The van der Waals surface area contributed by atoms with Gasteiger partial charge in [0.15, 0.2) is 0 Å². The van der Waals surface area contributed by atoms with Gasteiger partial charge in [0, 0.05) is 33.2 Å². The van der Waals surface area contributed by atoms with Crippen LogP contribution in [0.3, 0.4) is 0 Å². The summed E-state index contributed by atoms with van der Waals surface area (Å²) in [5.41, 5.74) is 14.6. The summed E-state index contributed by atoms with van der Waals surface area (Å²) < 4.78 is 2.48. The number of anilines is 3. The van der Waals surface area contributed by atoms with Crippen LogP contribution in [0.4, 0.5) is 17.1 Å². The number of aromatic nitrogens is 1. The maximum Gasteiger partial charge on any atom is 0.0582 e. The van der Waals surface area contributed by atoms with Crippen LogP contribution in [0.25, 0.3) is 49.7 Å². The Hall–Kier alpha value is -5.86. The Morgan fingerprint density at radius 3 is 1.51 bits per heavy atom. The van der Waals surface area contributed by atoms with Crippen molar-refractivity contribution in [3.05, 3.63) is 181 Å². The molecule has 0 spiro atoms. The third kappa shape index (κ3) is 5.03. The lowest BCUT2D eigenvalue weighted by molar-refractivity contribution is 0.630. The lowest BCUT2D eigenvalue weighted by atomic mass is 9.74. The molecule has 8 aromatic rings. The van der Waals surface area contributed by atoms with Crippen molar-refractivity contribution in [2.45, 2.75) is 33.1 Å². The molecule has 1 aliphatic heterocycles. The van der Waals surface area contributed by atoms with Crippen molar-refractivity contribution in [2.75, 3.05) is 4.90 Å². The molecular formula is C47H40N2. The second-order valence-corrected chi connectivity index (χ2v) is 13.0. The monoisotopic (exact) mass is 632 g/mol. The summed E-state index contributed by atoms with van der Waals surface area (Å²) in [5.74, 6) is 0. The zero-order valence-electron chi connectivity index (χ0n) is 28.6. The Kier molecular flexibility index (Phi) is 7.65. The quantitative estimate of drug-likeness (QED) is 0.183. The first kappa shape index (κ1) is 30.5. The van der Waals surface area contributed by atoms with Crippen molar-refractivity contribution in [3.63, 3.8) is 0 Å². The number of benzene rings is 7. The van der Waals surface area contributed by atoms with Crippen LogP contribution in [0.1, 0.15) is 38.8 Å². The highest BCUT2D eigenvalue weighted by atomic mass is 15.1. The van der Waals surface area contributed by atoms with Crippen molar-refractivity contribution in [1.29, 1.82) is 0 Å². The van der Waals surface area contributed by atoms with Crippen LogP contribution >= 0.6 is 0 Å². The fourth-order valence-corrected chi connectivity index (χ4v) is 7.59. The second-order valence-electron chi connectivity index (χ2n) is 13.0. The third-order valence-electron chi connectivity index (χ3n) is 9.99. The lowest BCUT2D eigenvalue weighted by Gasteiger charge is -2.36. The number of hydrogen-bond donors (Lipinski definition) is 0. The van der Waals surface area contributed by atoms with Crippen molar-refractivity contribution in [3.8, 4) is 27.9 Å². The van der Waals surface area contributed by atoms with Crippen molar-refractivity contribution >= 4 is 38.9 Å². The number of para-hydroxylation sites is 2. The van der Waals surface area contributed by atoms with E-state index in [0.717, 1.165) is 17.1 Å². The molecule has 0 atom stereocenters. The number of rotatable bonds is 5. The van der Waals surface area contributed by atoms with Crippen molar-refractivity contribution < 1.29 is 0 Å². The normalized spacial score (nSPS) is 12.7. The molecule has 0 saturated heterocycles. The van der Waals surface area contributed by atoms with Gasteiger partial charge in [-0.3, -0.25) is 0 Å². The predicted octanol–water partition coefficient (Wildman–Crippen LogP) is 13.3. The largest absolute Gasteiger partial charge is 0.310 e. The van der Waals surface area contributed by atoms with Gasteiger partial charge in [-0.15, -0.1) is 0 Å². The highest BCUT2D eigenvalue weighted by molar-refractivity contribution is 6.11. The van der Waals surface area contributed by atoms with E-state index >= 15 is 0 Å². The number of fused-ring (bicyclic) bond motifs is 5. The van der Waals surface area contributed by atoms with Gasteiger partial charge >= 0.3 is 0 Å². The van der Waals surface area contributed by atoms with Crippen LogP contribution in [0.2, 0.25) is 0 Å². The van der Waals surface area contributed by atoms with Gasteiger partial charge < -0.3 is 9.47 Å². The standard InChI is InChI=1S/C45H34N2.C2H6/c1-45(2)40-18-11-17-39-38-16-9-10-19-42(38)47(44(39)40)43-29-28-37(30-41(43)45)46(35-24-20-33(21-25-35)31-12-5-3-6-13-31)36-26-22-34(23-27-36)32-14-7-4-8-15-32;1-2/h3-30H,1-2H3;1-2H3. The first-order valence-corrected chi connectivity index (χ1v) is 17.4. The molecule has 0 aliphatic carbocycles. The molecule has 0 radical (unpaired) electrons. The summed E-state index contributed by atoms with van der Waals surface area (Å²) in [6.45, 7) is 8.75. The molecule has 2 heteroatoms. The van der Waals surface area contributed by atoms with Crippen molar-refractivity contribution in [1.82, 2.24) is 4.57 Å². The maximum atomic E-state index is 2.48. The Balaban J connectivity index is 0.00000171. The molecule has 0 saturated carbocycles. The Labute approximate surface area is 289 Å². The fourth-order valence-electron chi connectivity index (χ4n) is 7.59. The third-order valence-corrected chi connectivity index (χ3v) is 9.99. The molecule has 0 N–H and O–H groups in total. The summed E-state index contributed by atoms with van der Waals surface area (Å²) in [5, 5.41) is 2.62. The average molecular weight is 633 g/mol. The van der Waals surface area contributed by atoms with E-state index in [1.165, 1.54) is 60.9 Å². The Morgan fingerprint density at radius 2 is 0.918 bits per heavy atom. The summed E-state index contributed by atoms with van der Waals surface area (Å²) in [7, 11) is 0. The van der Waals surface area contributed by atoms with E-state index in [9.17, 15) is 0 Å². The van der Waals surface area contributed by atoms with Gasteiger partial charge in [-0.25, -0.2) is 0 Å². The van der Waals surface area contributed by atoms with Gasteiger partial charge in [0.05, 0.1) is 16.7 Å². The SMILES string of the molecule is CC.CC1(C)c2cc(N(c3ccc(-c4ccccc4)cc3)c3ccc(-c4ccccc4)cc3)ccc2-n2c3ccccc3c3cccc1c32. The molecule has 1 aliphatic rings. The van der Waals surface area contributed by atoms with Gasteiger partial charge in [-0.05, 0) is 81.9 Å². The molecular weight excluding hydrogens is 593 g/mol. The molecule has 0 amide bonds. The van der Waals surface area contributed by atoms with E-state index in [-0.39, 0.29) is 5.41 Å². The maximum absolute atomic E-state index is 2.48. The van der Waals surface area contributed by atoms with Crippen molar-refractivity contribution in [2.24, 2.45) is 0 Å². The minimum atomic E-state index is -0.185. The molecule has 2 heterocycles. The summed E-state index contributed by atoms with van der Waals surface area (Å²) in [4.78, 5) is 2.39. The zero-order chi connectivity index (χ0) is 33.5. The molecule has 1 aromatic heterocycles. The molecule has 0 bridgehead atoms. The topological polar surface area (TPSA) is 8.17 Å².